The summed E-state index contributed by atoms with van der Waals surface area (Å²) in [6.07, 6.45) is 0. The number of rotatable bonds is 2. The van der Waals surface area contributed by atoms with Gasteiger partial charge in [-0.25, -0.2) is 4.39 Å². The molecule has 3 nitrogen and oxygen atoms in total. The normalized spacial score (nSPS) is 13.9. The van der Waals surface area contributed by atoms with Gasteiger partial charge in [0.25, 0.3) is 5.91 Å². The van der Waals surface area contributed by atoms with Gasteiger partial charge in [-0.15, -0.1) is 0 Å². The lowest BCUT2D eigenvalue weighted by Crippen LogP contribution is -2.38. The van der Waals surface area contributed by atoms with Crippen LogP contribution in [-0.2, 0) is 11.3 Å². The molecule has 0 radical (unpaired) electrons. The lowest BCUT2D eigenvalue weighted by atomic mass is 10.1. The molecule has 0 spiro atoms. The van der Waals surface area contributed by atoms with E-state index in [2.05, 4.69) is 22.6 Å². The molecule has 0 aromatic heterocycles. The molecule has 0 saturated heterocycles. The zero-order chi connectivity index (χ0) is 15.0. The second-order valence-corrected chi connectivity index (χ2v) is 6.30. The second-order valence-electron chi connectivity index (χ2n) is 4.62. The maximum Gasteiger partial charge on any atom is 0.265 e. The van der Waals surface area contributed by atoms with E-state index < -0.39 is 0 Å². The molecule has 2 aromatic rings. The first kappa shape index (κ1) is 14.6. The Morgan fingerprint density at radius 3 is 2.90 bits per heavy atom. The third-order valence-corrected chi connectivity index (χ3v) is 4.11. The summed E-state index contributed by atoms with van der Waals surface area (Å²) in [5.74, 6) is 0.0396. The smallest absolute Gasteiger partial charge is 0.265 e. The van der Waals surface area contributed by atoms with Gasteiger partial charge in [-0.1, -0.05) is 11.6 Å². The van der Waals surface area contributed by atoms with Crippen molar-refractivity contribution in [2.45, 2.75) is 6.54 Å². The third kappa shape index (κ3) is 2.98. The fraction of sp³-hybridized carbons (Fsp3) is 0.133. The first-order valence-corrected chi connectivity index (χ1v) is 7.67. The van der Waals surface area contributed by atoms with E-state index in [9.17, 15) is 9.18 Å². The summed E-state index contributed by atoms with van der Waals surface area (Å²) < 4.78 is 20.3. The van der Waals surface area contributed by atoms with Gasteiger partial charge in [0.2, 0.25) is 0 Å². The summed E-state index contributed by atoms with van der Waals surface area (Å²) in [5, 5.41) is 0.440. The Labute approximate surface area is 139 Å². The molecule has 1 aliphatic heterocycles. The highest BCUT2D eigenvalue weighted by molar-refractivity contribution is 14.1. The number of ether oxygens (including phenoxy) is 1. The van der Waals surface area contributed by atoms with Crippen LogP contribution < -0.4 is 9.64 Å². The van der Waals surface area contributed by atoms with Gasteiger partial charge in [-0.05, 0) is 59.0 Å². The second kappa shape index (κ2) is 5.81. The van der Waals surface area contributed by atoms with E-state index in [1.807, 2.05) is 12.1 Å². The van der Waals surface area contributed by atoms with E-state index in [1.165, 1.54) is 23.1 Å². The molecule has 0 N–H and O–H groups in total. The highest BCUT2D eigenvalue weighted by Crippen LogP contribution is 2.34. The minimum absolute atomic E-state index is 0.0464. The summed E-state index contributed by atoms with van der Waals surface area (Å²) >= 11 is 8.07. The van der Waals surface area contributed by atoms with Gasteiger partial charge in [-0.2, -0.15) is 0 Å². The Morgan fingerprint density at radius 2 is 2.10 bits per heavy atom. The lowest BCUT2D eigenvalue weighted by molar-refractivity contribution is -0.121. The van der Waals surface area contributed by atoms with Crippen LogP contribution in [0.15, 0.2) is 36.4 Å². The fourth-order valence-electron chi connectivity index (χ4n) is 2.19. The van der Waals surface area contributed by atoms with E-state index in [1.54, 1.807) is 6.07 Å². The van der Waals surface area contributed by atoms with E-state index in [4.69, 9.17) is 16.3 Å². The van der Waals surface area contributed by atoms with Gasteiger partial charge in [0.1, 0.15) is 11.6 Å². The average molecular weight is 418 g/mol. The van der Waals surface area contributed by atoms with Crippen molar-refractivity contribution >= 4 is 45.8 Å². The molecular weight excluding hydrogens is 408 g/mol. The highest BCUT2D eigenvalue weighted by Gasteiger charge is 2.26. The molecule has 108 valence electrons. The number of carbonyl (C=O) groups excluding carboxylic acids is 1. The molecule has 0 atom stereocenters. The highest BCUT2D eigenvalue weighted by atomic mass is 127. The number of anilines is 1. The quantitative estimate of drug-likeness (QED) is 0.691. The lowest BCUT2D eigenvalue weighted by Gasteiger charge is -2.29. The van der Waals surface area contributed by atoms with Gasteiger partial charge >= 0.3 is 0 Å². The van der Waals surface area contributed by atoms with Gasteiger partial charge in [-0.3, -0.25) is 4.79 Å². The van der Waals surface area contributed by atoms with Crippen molar-refractivity contribution < 1.29 is 13.9 Å². The molecule has 0 bridgehead atoms. The van der Waals surface area contributed by atoms with E-state index >= 15 is 0 Å². The fourth-order valence-corrected chi connectivity index (χ4v) is 2.84. The Balaban J connectivity index is 1.98. The number of amides is 1. The first-order valence-electron chi connectivity index (χ1n) is 6.21. The molecule has 0 aliphatic carbocycles. The first-order chi connectivity index (χ1) is 10.0. The minimum Gasteiger partial charge on any atom is -0.482 e. The van der Waals surface area contributed by atoms with Crippen molar-refractivity contribution in [3.05, 3.63) is 56.4 Å². The summed E-state index contributed by atoms with van der Waals surface area (Å²) in [5.41, 5.74) is 1.02. The third-order valence-electron chi connectivity index (χ3n) is 3.20. The molecule has 2 aromatic carbocycles. The van der Waals surface area contributed by atoms with Crippen molar-refractivity contribution in [1.29, 1.82) is 0 Å². The molecule has 1 aliphatic rings. The Hall–Kier alpha value is -1.34. The number of nitrogens with zero attached hydrogens (tertiary/aromatic N) is 1. The summed E-state index contributed by atoms with van der Waals surface area (Å²) in [4.78, 5) is 13.6. The monoisotopic (exact) mass is 417 g/mol. The van der Waals surface area contributed by atoms with Crippen molar-refractivity contribution in [2.75, 3.05) is 11.5 Å². The molecule has 0 saturated carbocycles. The molecule has 0 fully saturated rings. The van der Waals surface area contributed by atoms with Gasteiger partial charge in [0, 0.05) is 14.2 Å². The van der Waals surface area contributed by atoms with Crippen LogP contribution in [0.3, 0.4) is 0 Å². The van der Waals surface area contributed by atoms with Crippen LogP contribution in [0.2, 0.25) is 5.02 Å². The standard InChI is InChI=1S/C15H10ClFINO2/c16-10-1-3-12(17)9(5-10)7-19-13-4-2-11(18)6-14(13)21-8-15(19)20/h1-6H,7-8H2. The summed E-state index contributed by atoms with van der Waals surface area (Å²) in [6, 6.07) is 9.85. The van der Waals surface area contributed by atoms with Gasteiger partial charge in [0.15, 0.2) is 6.61 Å². The summed E-state index contributed by atoms with van der Waals surface area (Å²) in [7, 11) is 0. The van der Waals surface area contributed by atoms with Crippen LogP contribution >= 0.6 is 34.2 Å². The zero-order valence-corrected chi connectivity index (χ0v) is 13.7. The van der Waals surface area contributed by atoms with Crippen LogP contribution in [0.1, 0.15) is 5.56 Å². The Morgan fingerprint density at radius 1 is 1.29 bits per heavy atom. The average Bonchev–Trinajstić information content (AvgIpc) is 2.45. The maximum absolute atomic E-state index is 13.9. The number of benzene rings is 2. The molecule has 6 heteroatoms. The zero-order valence-electron chi connectivity index (χ0n) is 10.8. The molecule has 0 unspecified atom stereocenters. The number of hydrogen-bond acceptors (Lipinski definition) is 2. The van der Waals surface area contributed by atoms with Crippen LogP contribution in [0, 0.1) is 9.39 Å². The number of halogens is 3. The van der Waals surface area contributed by atoms with E-state index in [0.717, 1.165) is 3.57 Å². The maximum atomic E-state index is 13.9. The van der Waals surface area contributed by atoms with Gasteiger partial charge < -0.3 is 9.64 Å². The SMILES string of the molecule is O=C1COc2cc(I)ccc2N1Cc1cc(Cl)ccc1F. The Kier molecular flexibility index (Phi) is 4.03. The van der Waals surface area contributed by atoms with Crippen LogP contribution in [0.5, 0.6) is 5.75 Å². The molecule has 1 heterocycles. The summed E-state index contributed by atoms with van der Waals surface area (Å²) in [6.45, 7) is 0.0808. The van der Waals surface area contributed by atoms with Crippen molar-refractivity contribution in [3.63, 3.8) is 0 Å². The van der Waals surface area contributed by atoms with E-state index in [-0.39, 0.29) is 24.9 Å². The predicted octanol–water partition coefficient (Wildman–Crippen LogP) is 4.01. The number of fused-ring (bicyclic) bond motifs is 1. The minimum atomic E-state index is -0.384. The van der Waals surface area contributed by atoms with Crippen molar-refractivity contribution in [3.8, 4) is 5.75 Å². The molecule has 21 heavy (non-hydrogen) atoms. The van der Waals surface area contributed by atoms with Crippen molar-refractivity contribution in [1.82, 2.24) is 0 Å². The molecular formula is C15H10ClFINO2. The van der Waals surface area contributed by atoms with Gasteiger partial charge in [0.05, 0.1) is 12.2 Å². The number of carbonyl (C=O) groups is 1. The van der Waals surface area contributed by atoms with Crippen molar-refractivity contribution in [2.24, 2.45) is 0 Å². The van der Waals surface area contributed by atoms with Crippen LogP contribution in [0.25, 0.3) is 0 Å². The van der Waals surface area contributed by atoms with E-state index in [0.29, 0.717) is 22.0 Å². The van der Waals surface area contributed by atoms with Crippen LogP contribution in [0.4, 0.5) is 10.1 Å². The Bertz CT molecular complexity index is 723. The van der Waals surface area contributed by atoms with Crippen LogP contribution in [-0.4, -0.2) is 12.5 Å². The molecule has 3 rings (SSSR count). The topological polar surface area (TPSA) is 29.5 Å². The predicted molar refractivity (Wildman–Crippen MR) is 87.3 cm³/mol. The molecule has 1 amide bonds. The largest absolute Gasteiger partial charge is 0.482 e. The number of hydrogen-bond donors (Lipinski definition) is 0.